The molecule has 144 valence electrons. The normalized spacial score (nSPS) is 10.9. The van der Waals surface area contributed by atoms with E-state index in [1.807, 2.05) is 6.92 Å². The maximum atomic E-state index is 12.0. The molecule has 9 nitrogen and oxygen atoms in total. The Bertz CT molecular complexity index is 928. The topological polar surface area (TPSA) is 126 Å². The summed E-state index contributed by atoms with van der Waals surface area (Å²) in [6.45, 7) is 2.00. The Balaban J connectivity index is 2.24. The number of hydrogen-bond donors (Lipinski definition) is 3. The van der Waals surface area contributed by atoms with Crippen molar-refractivity contribution in [3.63, 3.8) is 0 Å². The van der Waals surface area contributed by atoms with Crippen LogP contribution < -0.4 is 21.4 Å². The van der Waals surface area contributed by atoms with E-state index in [0.29, 0.717) is 12.2 Å². The Labute approximate surface area is 155 Å². The van der Waals surface area contributed by atoms with Gasteiger partial charge in [-0.25, -0.2) is 10.2 Å². The fourth-order valence-electron chi connectivity index (χ4n) is 2.31. The lowest BCUT2D eigenvalue weighted by Gasteiger charge is -2.10. The smallest absolute Gasteiger partial charge is 0.331 e. The largest absolute Gasteiger partial charge is 0.497 e. The maximum Gasteiger partial charge on any atom is 0.331 e. The van der Waals surface area contributed by atoms with Crippen molar-refractivity contribution in [1.82, 2.24) is 15.0 Å². The third-order valence-corrected chi connectivity index (χ3v) is 3.85. The van der Waals surface area contributed by atoms with Crippen molar-refractivity contribution in [3.05, 3.63) is 56.2 Å². The molecule has 0 saturated heterocycles. The van der Waals surface area contributed by atoms with Crippen LogP contribution in [0.4, 0.5) is 0 Å². The van der Waals surface area contributed by atoms with Gasteiger partial charge in [-0.3, -0.25) is 19.1 Å². The van der Waals surface area contributed by atoms with Gasteiger partial charge in [-0.15, -0.1) is 0 Å². The zero-order chi connectivity index (χ0) is 19.8. The summed E-state index contributed by atoms with van der Waals surface area (Å²) >= 11 is 0. The van der Waals surface area contributed by atoms with E-state index in [9.17, 15) is 19.5 Å². The number of hydrazone groups is 1. The number of amides is 1. The summed E-state index contributed by atoms with van der Waals surface area (Å²) in [5, 5.41) is 14.0. The number of aromatic nitrogens is 2. The molecule has 0 atom stereocenters. The second kappa shape index (κ2) is 9.37. The molecular formula is C18H22N4O5. The molecule has 0 aliphatic rings. The molecule has 27 heavy (non-hydrogen) atoms. The molecule has 0 aliphatic heterocycles. The number of nitrogens with one attached hydrogen (secondary N) is 2. The van der Waals surface area contributed by atoms with Gasteiger partial charge in [0.05, 0.1) is 19.9 Å². The first-order chi connectivity index (χ1) is 13.0. The molecule has 0 spiro atoms. The van der Waals surface area contributed by atoms with Crippen molar-refractivity contribution in [2.75, 3.05) is 7.11 Å². The number of aromatic hydroxyl groups is 1. The number of nitrogens with zero attached hydrogens (tertiary/aromatic N) is 2. The third kappa shape index (κ3) is 5.30. The van der Waals surface area contributed by atoms with E-state index in [-0.39, 0.29) is 18.0 Å². The number of methoxy groups -OCH3 is 1. The highest BCUT2D eigenvalue weighted by molar-refractivity contribution is 5.84. The maximum absolute atomic E-state index is 12.0. The van der Waals surface area contributed by atoms with Crippen LogP contribution in [0.3, 0.4) is 0 Å². The van der Waals surface area contributed by atoms with E-state index in [1.165, 1.54) is 0 Å². The van der Waals surface area contributed by atoms with Crippen LogP contribution in [0.25, 0.3) is 0 Å². The predicted molar refractivity (Wildman–Crippen MR) is 100 cm³/mol. The predicted octanol–water partition coefficient (Wildman–Crippen LogP) is 0.939. The lowest BCUT2D eigenvalue weighted by atomic mass is 10.2. The van der Waals surface area contributed by atoms with Gasteiger partial charge in [0.15, 0.2) is 0 Å². The summed E-state index contributed by atoms with van der Waals surface area (Å²) in [5.41, 5.74) is 1.23. The van der Waals surface area contributed by atoms with Crippen LogP contribution in [0, 0.1) is 0 Å². The first-order valence-corrected chi connectivity index (χ1v) is 8.47. The van der Waals surface area contributed by atoms with Crippen molar-refractivity contribution in [2.45, 2.75) is 32.7 Å². The van der Waals surface area contributed by atoms with Crippen LogP contribution in [0.2, 0.25) is 0 Å². The molecule has 0 bridgehead atoms. The van der Waals surface area contributed by atoms with Crippen molar-refractivity contribution in [1.29, 1.82) is 0 Å². The number of carbonyl (C=O) groups is 1. The quantitative estimate of drug-likeness (QED) is 0.468. The Hall–Kier alpha value is -3.36. The van der Waals surface area contributed by atoms with E-state index in [2.05, 4.69) is 15.5 Å². The molecule has 0 unspecified atom stereocenters. The van der Waals surface area contributed by atoms with Gasteiger partial charge >= 0.3 is 5.69 Å². The van der Waals surface area contributed by atoms with Gasteiger partial charge in [0.1, 0.15) is 11.3 Å². The van der Waals surface area contributed by atoms with E-state index in [4.69, 9.17) is 4.74 Å². The number of rotatable bonds is 8. The lowest BCUT2D eigenvalue weighted by molar-refractivity contribution is -0.121. The van der Waals surface area contributed by atoms with Gasteiger partial charge in [0.2, 0.25) is 11.8 Å². The second-order valence-corrected chi connectivity index (χ2v) is 5.83. The SMILES string of the molecule is CCCCC(=O)NN=Cc1c(O)n(Cc2ccc(OC)cc2)c(=O)[nH]c1=O. The Kier molecular flexibility index (Phi) is 6.93. The summed E-state index contributed by atoms with van der Waals surface area (Å²) in [5.74, 6) is -0.176. The standard InChI is InChI=1S/C18H22N4O5/c1-3-4-5-15(23)21-19-10-14-16(24)20-18(26)22(17(14)25)11-12-6-8-13(27-2)9-7-12/h6-10,25H,3-5,11H2,1-2H3,(H,21,23)(H,20,24,26). The molecule has 2 rings (SSSR count). The van der Waals surface area contributed by atoms with Gasteiger partial charge in [0.25, 0.3) is 5.56 Å². The number of aromatic amines is 1. The fraction of sp³-hybridized carbons (Fsp3) is 0.333. The lowest BCUT2D eigenvalue weighted by Crippen LogP contribution is -2.32. The molecule has 0 aliphatic carbocycles. The van der Waals surface area contributed by atoms with Crippen molar-refractivity contribution in [2.24, 2.45) is 5.10 Å². The second-order valence-electron chi connectivity index (χ2n) is 5.83. The zero-order valence-corrected chi connectivity index (χ0v) is 15.2. The van der Waals surface area contributed by atoms with Crippen molar-refractivity contribution < 1.29 is 14.6 Å². The monoisotopic (exact) mass is 374 g/mol. The first-order valence-electron chi connectivity index (χ1n) is 8.47. The molecule has 0 saturated carbocycles. The van der Waals surface area contributed by atoms with Crippen LogP contribution >= 0.6 is 0 Å². The summed E-state index contributed by atoms with van der Waals surface area (Å²) in [6, 6.07) is 6.91. The Morgan fingerprint density at radius 3 is 2.67 bits per heavy atom. The van der Waals surface area contributed by atoms with Crippen molar-refractivity contribution >= 4 is 12.1 Å². The average Bonchev–Trinajstić information content (AvgIpc) is 2.66. The van der Waals surface area contributed by atoms with E-state index in [0.717, 1.165) is 29.2 Å². The highest BCUT2D eigenvalue weighted by atomic mass is 16.5. The summed E-state index contributed by atoms with van der Waals surface area (Å²) < 4.78 is 6.08. The summed E-state index contributed by atoms with van der Waals surface area (Å²) in [4.78, 5) is 37.7. The molecule has 0 fully saturated rings. The third-order valence-electron chi connectivity index (χ3n) is 3.85. The molecular weight excluding hydrogens is 352 g/mol. The first kappa shape index (κ1) is 20.0. The summed E-state index contributed by atoms with van der Waals surface area (Å²) in [7, 11) is 1.54. The van der Waals surface area contributed by atoms with E-state index >= 15 is 0 Å². The van der Waals surface area contributed by atoms with Crippen LogP contribution in [0.5, 0.6) is 11.6 Å². The van der Waals surface area contributed by atoms with Gasteiger partial charge in [-0.2, -0.15) is 5.10 Å². The molecule has 9 heteroatoms. The van der Waals surface area contributed by atoms with Gasteiger partial charge in [-0.1, -0.05) is 25.5 Å². The highest BCUT2D eigenvalue weighted by Crippen LogP contribution is 2.14. The van der Waals surface area contributed by atoms with Crippen LogP contribution in [0.15, 0.2) is 39.0 Å². The number of unbranched alkanes of at least 4 members (excludes halogenated alkanes) is 1. The molecule has 0 radical (unpaired) electrons. The number of H-pyrrole nitrogens is 1. The average molecular weight is 374 g/mol. The molecule has 1 aromatic carbocycles. The molecule has 2 aromatic rings. The fourth-order valence-corrected chi connectivity index (χ4v) is 2.31. The highest BCUT2D eigenvalue weighted by Gasteiger charge is 2.13. The number of ether oxygens (including phenoxy) is 1. The van der Waals surface area contributed by atoms with E-state index < -0.39 is 17.1 Å². The van der Waals surface area contributed by atoms with Crippen molar-refractivity contribution in [3.8, 4) is 11.6 Å². The van der Waals surface area contributed by atoms with Gasteiger partial charge in [-0.05, 0) is 24.1 Å². The minimum Gasteiger partial charge on any atom is -0.497 e. The van der Waals surface area contributed by atoms with E-state index in [1.54, 1.807) is 31.4 Å². The minimum absolute atomic E-state index is 0.0368. The van der Waals surface area contributed by atoms with Gasteiger partial charge in [0, 0.05) is 6.42 Å². The van der Waals surface area contributed by atoms with Crippen LogP contribution in [-0.4, -0.2) is 33.9 Å². The number of benzene rings is 1. The van der Waals surface area contributed by atoms with Crippen LogP contribution in [-0.2, 0) is 11.3 Å². The Morgan fingerprint density at radius 1 is 1.33 bits per heavy atom. The molecule has 1 aromatic heterocycles. The Morgan fingerprint density at radius 2 is 2.04 bits per heavy atom. The minimum atomic E-state index is -0.796. The summed E-state index contributed by atoms with van der Waals surface area (Å²) in [6.07, 6.45) is 2.92. The number of carbonyl (C=O) groups excluding carboxylic acids is 1. The van der Waals surface area contributed by atoms with Crippen LogP contribution in [0.1, 0.15) is 37.3 Å². The molecule has 1 amide bonds. The zero-order valence-electron chi connectivity index (χ0n) is 15.2. The number of hydrogen-bond acceptors (Lipinski definition) is 6. The molecule has 3 N–H and O–H groups in total. The molecule has 1 heterocycles. The van der Waals surface area contributed by atoms with Gasteiger partial charge < -0.3 is 9.84 Å².